The number of benzene rings is 6. The molecule has 6 aromatic rings. The van der Waals surface area contributed by atoms with Crippen molar-refractivity contribution in [2.75, 3.05) is 13.7 Å². The van der Waals surface area contributed by atoms with Gasteiger partial charge in [0.2, 0.25) is 53.4 Å². The van der Waals surface area contributed by atoms with Gasteiger partial charge in [-0.3, -0.25) is 38.4 Å². The maximum Gasteiger partial charge on any atom is 0.339 e. The molecule has 114 heavy (non-hydrogen) atoms. The molecule has 6 aromatic carbocycles. The molecule has 13 rings (SSSR count). The molecule has 18 atom stereocenters. The van der Waals surface area contributed by atoms with E-state index in [0.717, 1.165) is 66.7 Å². The number of carboxylic acid groups (broad SMARTS) is 2. The third-order valence-electron chi connectivity index (χ3n) is 19.1. The molecule has 0 aromatic heterocycles. The fraction of sp³-hybridized carbons (Fsp3) is 0.387. The Hall–Kier alpha value is -11.0. The summed E-state index contributed by atoms with van der Waals surface area (Å²) in [6, 6.07) is 5.30. The van der Waals surface area contributed by atoms with Gasteiger partial charge >= 0.3 is 17.9 Å². The standard InChI is InChI=1S/C66H75Cl2N9O24.C9H8O4/c1-23(2)12-34(71-5)58(88)76-49-51(83)26-7-10-38(32(67)14-26)97-40-16-28-17-41(55(40)101-65-56(54(86)53(85)42(22-78)99-65)100-44-21-66(4,70)57(87)24(3)96-44)98-39-11-8-27(15-33(39)68)52(84)50-63(93)75-48(64(94)95)31-18-29(79)19-37(81)45(31)30-13-25(6-9-36(30)80)46(60(90)77-50)74-61(91)47(28)73-59(89)35(20-43(69)82)72-62(49)92;1-6(10)13-8-5-3-2-4-7(8)9(11)12/h6-11,13-19,23-24,34-35,42,44,46-54,56-57,65,71,78-81,83-87H,12,20-22,70H2,1-5H3,(H2,69,82)(H,72,92)(H,73,89)(H,74,91)(H,75,93)(H,76,88)(H,77,90)(H,94,95);2-5H,1H3,(H,11,12)/t24-,34+,35-,42+,44-,46+,47+,48+,49+,50-,51+,52+,53+,54-,56+,57?,65-,66-;/m0./s1. The van der Waals surface area contributed by atoms with Crippen LogP contribution in [0.5, 0.6) is 51.7 Å². The Morgan fingerprint density at radius 3 is 1.88 bits per heavy atom. The monoisotopic (exact) mass is 1630 g/mol. The lowest BCUT2D eigenvalue weighted by atomic mass is 9.86. The molecule has 0 aliphatic carbocycles. The number of hydrogen-bond acceptors (Lipinski definition) is 28. The lowest BCUT2D eigenvalue weighted by molar-refractivity contribution is -0.333. The Kier molecular flexibility index (Phi) is 26.6. The van der Waals surface area contributed by atoms with Crippen molar-refractivity contribution in [1.29, 1.82) is 0 Å². The predicted octanol–water partition coefficient (Wildman–Crippen LogP) is 1.42. The fourth-order valence-electron chi connectivity index (χ4n) is 13.4. The van der Waals surface area contributed by atoms with Gasteiger partial charge in [0.05, 0.1) is 41.3 Å². The Morgan fingerprint density at radius 1 is 0.693 bits per heavy atom. The number of ether oxygens (including phenoxy) is 7. The molecule has 2 fully saturated rings. The van der Waals surface area contributed by atoms with E-state index in [4.69, 9.17) is 68.2 Å². The molecule has 0 spiro atoms. The molecule has 7 aliphatic rings. The number of phenolic OH excluding ortho intramolecular Hbond substituents is 3. The molecule has 11 bridgehead atoms. The van der Waals surface area contributed by atoms with Gasteiger partial charge in [-0.1, -0.05) is 67.4 Å². The minimum absolute atomic E-state index is 0.0160. The lowest BCUT2D eigenvalue weighted by Crippen LogP contribution is -2.64. The van der Waals surface area contributed by atoms with Crippen LogP contribution in [0.2, 0.25) is 10.0 Å². The van der Waals surface area contributed by atoms with Crippen molar-refractivity contribution >= 4 is 82.5 Å². The smallest absolute Gasteiger partial charge is 0.339 e. The van der Waals surface area contributed by atoms with Crippen LogP contribution in [0.3, 0.4) is 0 Å². The molecule has 7 amide bonds. The first-order chi connectivity index (χ1) is 53.8. The molecule has 0 saturated carbocycles. The molecule has 610 valence electrons. The van der Waals surface area contributed by atoms with E-state index < -0.39 is 249 Å². The van der Waals surface area contributed by atoms with Gasteiger partial charge in [-0.2, -0.15) is 0 Å². The molecule has 37 nitrogen and oxygen atoms in total. The summed E-state index contributed by atoms with van der Waals surface area (Å²) >= 11 is 14.1. The summed E-state index contributed by atoms with van der Waals surface area (Å²) in [5, 5.41) is 139. The van der Waals surface area contributed by atoms with Crippen molar-refractivity contribution in [1.82, 2.24) is 37.2 Å². The van der Waals surface area contributed by atoms with E-state index in [2.05, 4.69) is 42.0 Å². The fourth-order valence-corrected chi connectivity index (χ4v) is 13.8. The molecular weight excluding hydrogens is 1550 g/mol. The van der Waals surface area contributed by atoms with Gasteiger partial charge in [0.1, 0.15) is 101 Å². The molecule has 39 heteroatoms. The van der Waals surface area contributed by atoms with Gasteiger partial charge in [0, 0.05) is 41.6 Å². The number of fused-ring (bicyclic) bond motifs is 15. The number of rotatable bonds is 15. The highest BCUT2D eigenvalue weighted by Crippen LogP contribution is 2.50. The number of aromatic carboxylic acids is 1. The third kappa shape index (κ3) is 19.1. The number of carbonyl (C=O) groups is 10. The number of phenols is 3. The summed E-state index contributed by atoms with van der Waals surface area (Å²) in [6.07, 6.45) is -18.6. The highest BCUT2D eigenvalue weighted by atomic mass is 35.5. The summed E-state index contributed by atoms with van der Waals surface area (Å²) in [4.78, 5) is 138. The van der Waals surface area contributed by atoms with E-state index in [1.165, 1.54) is 52.1 Å². The van der Waals surface area contributed by atoms with Gasteiger partial charge in [-0.25, -0.2) is 9.59 Å². The summed E-state index contributed by atoms with van der Waals surface area (Å²) in [7, 11) is 1.47. The third-order valence-corrected chi connectivity index (χ3v) is 19.7. The first-order valence-electron chi connectivity index (χ1n) is 35.2. The SMILES string of the molecule is CC(=O)Oc1ccccc1C(=O)O.CN[C@H](CC(C)C)C(=O)N[C@H]1C(=O)N[C@@H](CC(N)=O)C(=O)N[C@H]2C(=O)N[C@H]3C(=O)N[C@H](C(=O)N[C@@H](C(=O)O)c4cc(O)cc(O)c4-c4cc3ccc4O)[C@H](O)c3ccc(c(Cl)c3)Oc3cc2cc(c3O[C@@H]2O[C@H](CO)[C@@H](O)[C@H](O)[C@H]2O[C@H]2C[C@](C)(N)C(O)[C@H](C)O2)Oc2ccc(cc2Cl)[C@H]1O. The second kappa shape index (κ2) is 35.6. The number of nitrogens with two attached hydrogens (primary N) is 2. The topological polar surface area (TPSA) is 594 Å². The number of amides is 7. The maximum absolute atomic E-state index is 16.0. The van der Waals surface area contributed by atoms with Crippen LogP contribution in [-0.4, -0.2) is 208 Å². The van der Waals surface area contributed by atoms with E-state index in [0.29, 0.717) is 0 Å². The Labute approximate surface area is 657 Å². The zero-order valence-electron chi connectivity index (χ0n) is 61.3. The highest BCUT2D eigenvalue weighted by Gasteiger charge is 2.52. The number of carboxylic acids is 2. The van der Waals surface area contributed by atoms with Gasteiger partial charge < -0.3 is 138 Å². The predicted molar refractivity (Wildman–Crippen MR) is 394 cm³/mol. The van der Waals surface area contributed by atoms with E-state index in [1.807, 2.05) is 13.8 Å². The molecule has 1 unspecified atom stereocenters. The number of nitrogens with one attached hydrogen (secondary N) is 7. The number of esters is 1. The highest BCUT2D eigenvalue weighted by molar-refractivity contribution is 6.32. The van der Waals surface area contributed by atoms with Crippen LogP contribution in [0.25, 0.3) is 11.1 Å². The van der Waals surface area contributed by atoms with Gasteiger partial charge in [0.25, 0.3) is 0 Å². The number of halogens is 2. The van der Waals surface area contributed by atoms with Crippen LogP contribution in [0.4, 0.5) is 0 Å². The van der Waals surface area contributed by atoms with Crippen LogP contribution >= 0.6 is 23.2 Å². The van der Waals surface area contributed by atoms with E-state index in [-0.39, 0.29) is 57.5 Å². The second-order valence-corrected chi connectivity index (χ2v) is 28.9. The maximum atomic E-state index is 16.0. The van der Waals surface area contributed by atoms with Gasteiger partial charge in [-0.05, 0) is 122 Å². The number of para-hydroxylation sites is 1. The normalized spacial score (nSPS) is 27.1. The quantitative estimate of drug-likeness (QED) is 0.0510. The Morgan fingerprint density at radius 2 is 1.30 bits per heavy atom. The number of primary amides is 1. The molecular formula is C75H83Cl2N9O28. The summed E-state index contributed by atoms with van der Waals surface area (Å²) in [6.45, 7) is 6.88. The average Bonchev–Trinajstić information content (AvgIpc) is 0.761. The summed E-state index contributed by atoms with van der Waals surface area (Å²) in [5.41, 5.74) is 7.99. The number of aliphatic hydroxyl groups excluding tert-OH is 6. The van der Waals surface area contributed by atoms with Crippen molar-refractivity contribution in [2.24, 2.45) is 17.4 Å². The number of aliphatic carboxylic acids is 1. The van der Waals surface area contributed by atoms with Crippen LogP contribution < -0.4 is 67.6 Å². The molecule has 2 saturated heterocycles. The van der Waals surface area contributed by atoms with Crippen LogP contribution in [-0.2, 0) is 57.4 Å². The minimum Gasteiger partial charge on any atom is -0.508 e. The van der Waals surface area contributed by atoms with Gasteiger partial charge in [0.15, 0.2) is 29.9 Å². The second-order valence-electron chi connectivity index (χ2n) is 28.1. The lowest BCUT2D eigenvalue weighted by Gasteiger charge is -2.47. The van der Waals surface area contributed by atoms with Crippen molar-refractivity contribution in [3.63, 3.8) is 0 Å². The Bertz CT molecular complexity index is 4730. The van der Waals surface area contributed by atoms with E-state index in [9.17, 15) is 84.6 Å². The van der Waals surface area contributed by atoms with Crippen molar-refractivity contribution in [3.05, 3.63) is 147 Å². The number of aromatic hydroxyl groups is 3. The number of aliphatic hydroxyl groups is 6. The molecule has 22 N–H and O–H groups in total. The Balaban J connectivity index is 0.000000961. The number of carbonyl (C=O) groups excluding carboxylic acids is 8. The van der Waals surface area contributed by atoms with Crippen LogP contribution in [0.15, 0.2) is 103 Å². The minimum atomic E-state index is -2.35. The number of hydrogen-bond donors (Lipinski definition) is 20. The number of likely N-dealkylation sites (N-methyl/N-ethyl adjacent to an activating group) is 1. The average molecular weight is 1630 g/mol. The molecule has 7 aliphatic heterocycles. The van der Waals surface area contributed by atoms with E-state index >= 15 is 14.4 Å². The zero-order valence-corrected chi connectivity index (χ0v) is 62.8. The van der Waals surface area contributed by atoms with Crippen molar-refractivity contribution in [3.8, 4) is 62.9 Å². The van der Waals surface area contributed by atoms with Crippen LogP contribution in [0, 0.1) is 5.92 Å². The van der Waals surface area contributed by atoms with E-state index in [1.54, 1.807) is 12.1 Å². The first kappa shape index (κ1) is 85.4. The summed E-state index contributed by atoms with van der Waals surface area (Å²) < 4.78 is 43.0. The first-order valence-corrected chi connectivity index (χ1v) is 36.0. The molecule has 0 radical (unpaired) electrons. The molecule has 7 heterocycles. The zero-order chi connectivity index (χ0) is 83.4. The largest absolute Gasteiger partial charge is 0.508 e. The van der Waals surface area contributed by atoms with Crippen molar-refractivity contribution < 1.29 is 137 Å². The van der Waals surface area contributed by atoms with Crippen molar-refractivity contribution in [2.45, 2.75) is 163 Å². The van der Waals surface area contributed by atoms with Crippen LogP contribution in [0.1, 0.15) is 122 Å². The summed E-state index contributed by atoms with van der Waals surface area (Å²) in [5.74, 6) is -17.6. The van der Waals surface area contributed by atoms with Gasteiger partial charge in [-0.15, -0.1) is 0 Å².